The fourth-order valence-corrected chi connectivity index (χ4v) is 5.51. The van der Waals surface area contributed by atoms with Gasteiger partial charge < -0.3 is 5.32 Å². The van der Waals surface area contributed by atoms with Gasteiger partial charge in [-0.1, -0.05) is 28.7 Å². The molecular weight excluding hydrogens is 541 g/mol. The Bertz CT molecular complexity index is 1560. The van der Waals surface area contributed by atoms with Gasteiger partial charge in [-0.15, -0.1) is 5.10 Å². The van der Waals surface area contributed by atoms with Crippen molar-refractivity contribution in [2.45, 2.75) is 45.8 Å². The molecule has 2 aromatic heterocycles. The Morgan fingerprint density at radius 3 is 2.58 bits per heavy atom. The van der Waals surface area contributed by atoms with E-state index in [-0.39, 0.29) is 17.9 Å². The quantitative estimate of drug-likeness (QED) is 0.274. The number of Topliss-reactive ketones (excluding diaryl/α,β-unsaturated/α-hetero) is 1. The van der Waals surface area contributed by atoms with Crippen molar-refractivity contribution < 1.29 is 22.8 Å². The highest BCUT2D eigenvalue weighted by atomic mass is 32.1. The molecule has 1 aliphatic heterocycles. The lowest BCUT2D eigenvalue weighted by Gasteiger charge is -2.17. The minimum atomic E-state index is -4.54. The minimum Gasteiger partial charge on any atom is -0.302 e. The summed E-state index contributed by atoms with van der Waals surface area (Å²) in [7, 11) is 0. The van der Waals surface area contributed by atoms with E-state index in [0.29, 0.717) is 39.1 Å². The van der Waals surface area contributed by atoms with Gasteiger partial charge in [0.2, 0.25) is 5.91 Å². The maximum Gasteiger partial charge on any atom is 0.416 e. The van der Waals surface area contributed by atoms with Crippen molar-refractivity contribution in [1.82, 2.24) is 24.9 Å². The Morgan fingerprint density at radius 1 is 1.07 bits per heavy atom. The standard InChI is InChI=1S/C28H27F3N6O2S/c1-17-5-6-19(11-24(17)37-16-23(34-35-37)26-14-32-27(40-26)33-18(2)38)12-25(39)21-9-20(15-36-7-3-4-8-36)10-22(13-21)28(29,30)31/h5-6,9-11,13-14,16H,3-4,7-8,12,15H2,1-2H3,(H,32,33,38). The lowest BCUT2D eigenvalue weighted by molar-refractivity contribution is -0.137. The Kier molecular flexibility index (Phi) is 7.81. The van der Waals surface area contributed by atoms with Crippen LogP contribution in [0.1, 0.15) is 52.4 Å². The average molecular weight is 569 g/mol. The van der Waals surface area contributed by atoms with Crippen molar-refractivity contribution in [1.29, 1.82) is 0 Å². The van der Waals surface area contributed by atoms with E-state index in [9.17, 15) is 22.8 Å². The molecule has 2 aromatic carbocycles. The average Bonchev–Trinajstić information content (AvgIpc) is 3.66. The molecule has 0 spiro atoms. The third-order valence-electron chi connectivity index (χ3n) is 6.67. The van der Waals surface area contributed by atoms with E-state index < -0.39 is 17.5 Å². The van der Waals surface area contributed by atoms with E-state index in [2.05, 4.69) is 25.5 Å². The molecule has 0 unspecified atom stereocenters. The third-order valence-corrected chi connectivity index (χ3v) is 7.60. The zero-order valence-corrected chi connectivity index (χ0v) is 22.8. The molecule has 1 N–H and O–H groups in total. The summed E-state index contributed by atoms with van der Waals surface area (Å²) in [5.74, 6) is -0.613. The van der Waals surface area contributed by atoms with E-state index in [1.54, 1.807) is 35.3 Å². The predicted octanol–water partition coefficient (Wildman–Crippen LogP) is 5.70. The number of nitrogens with one attached hydrogen (secondary N) is 1. The van der Waals surface area contributed by atoms with Crippen molar-refractivity contribution in [2.75, 3.05) is 18.4 Å². The number of halogens is 3. The normalized spacial score (nSPS) is 14.0. The minimum absolute atomic E-state index is 0.0503. The first-order valence-electron chi connectivity index (χ1n) is 12.8. The molecule has 0 aliphatic carbocycles. The lowest BCUT2D eigenvalue weighted by Crippen LogP contribution is -2.19. The van der Waals surface area contributed by atoms with Gasteiger partial charge in [0.15, 0.2) is 10.9 Å². The van der Waals surface area contributed by atoms with Gasteiger partial charge in [0.05, 0.1) is 22.3 Å². The first-order chi connectivity index (χ1) is 19.0. The van der Waals surface area contributed by atoms with Gasteiger partial charge in [-0.2, -0.15) is 13.2 Å². The molecule has 1 fully saturated rings. The van der Waals surface area contributed by atoms with E-state index in [1.165, 1.54) is 18.3 Å². The largest absolute Gasteiger partial charge is 0.416 e. The number of likely N-dealkylation sites (tertiary alicyclic amines) is 1. The van der Waals surface area contributed by atoms with Gasteiger partial charge >= 0.3 is 6.18 Å². The van der Waals surface area contributed by atoms with Gasteiger partial charge in [0, 0.05) is 31.6 Å². The maximum atomic E-state index is 13.7. The molecule has 1 saturated heterocycles. The molecule has 40 heavy (non-hydrogen) atoms. The lowest BCUT2D eigenvalue weighted by atomic mass is 9.97. The monoisotopic (exact) mass is 568 g/mol. The van der Waals surface area contributed by atoms with Crippen LogP contribution in [0, 0.1) is 6.92 Å². The highest BCUT2D eigenvalue weighted by Crippen LogP contribution is 2.32. The fraction of sp³-hybridized carbons (Fsp3) is 0.321. The highest BCUT2D eigenvalue weighted by Gasteiger charge is 2.32. The van der Waals surface area contributed by atoms with Crippen LogP contribution >= 0.6 is 11.3 Å². The summed E-state index contributed by atoms with van der Waals surface area (Å²) in [6.07, 6.45) is 0.759. The SMILES string of the molecule is CC(=O)Nc1ncc(-c2cn(-c3cc(CC(=O)c4cc(CN5CCCC5)cc(C(F)(F)F)c4)ccc3C)nn2)s1. The van der Waals surface area contributed by atoms with Crippen molar-refractivity contribution >= 4 is 28.2 Å². The van der Waals surface area contributed by atoms with Gasteiger partial charge in [-0.25, -0.2) is 9.67 Å². The third kappa shape index (κ3) is 6.45. The summed E-state index contributed by atoms with van der Waals surface area (Å²) in [5, 5.41) is 11.5. The number of aromatic nitrogens is 4. The van der Waals surface area contributed by atoms with Crippen LogP contribution in [0.4, 0.5) is 18.3 Å². The molecule has 0 bridgehead atoms. The van der Waals surface area contributed by atoms with Crippen molar-refractivity contribution in [3.63, 3.8) is 0 Å². The van der Waals surface area contributed by atoms with E-state index in [4.69, 9.17) is 0 Å². The number of carbonyl (C=O) groups is 2. The summed E-state index contributed by atoms with van der Waals surface area (Å²) >= 11 is 1.26. The summed E-state index contributed by atoms with van der Waals surface area (Å²) < 4.78 is 42.5. The molecule has 0 radical (unpaired) electrons. The molecular formula is C28H27F3N6O2S. The number of amides is 1. The number of thiazole rings is 1. The number of carbonyl (C=O) groups excluding carboxylic acids is 2. The van der Waals surface area contributed by atoms with Crippen molar-refractivity contribution in [3.05, 3.63) is 76.6 Å². The van der Waals surface area contributed by atoms with Gasteiger partial charge in [0.1, 0.15) is 5.69 Å². The number of anilines is 1. The highest BCUT2D eigenvalue weighted by molar-refractivity contribution is 7.19. The van der Waals surface area contributed by atoms with E-state index in [0.717, 1.165) is 43.6 Å². The number of nitrogens with zero attached hydrogens (tertiary/aromatic N) is 5. The Hall–Kier alpha value is -3.90. The second-order valence-corrected chi connectivity index (χ2v) is 10.9. The Balaban J connectivity index is 1.37. The van der Waals surface area contributed by atoms with Crippen LogP contribution in [-0.2, 0) is 23.9 Å². The van der Waals surface area contributed by atoms with Crippen LogP contribution in [0.3, 0.4) is 0 Å². The van der Waals surface area contributed by atoms with Gasteiger partial charge in [-0.3, -0.25) is 14.5 Å². The number of alkyl halides is 3. The Morgan fingerprint density at radius 2 is 1.85 bits per heavy atom. The van der Waals surface area contributed by atoms with Crippen LogP contribution < -0.4 is 5.32 Å². The second-order valence-electron chi connectivity index (χ2n) is 9.88. The number of hydrogen-bond donors (Lipinski definition) is 1. The smallest absolute Gasteiger partial charge is 0.302 e. The van der Waals surface area contributed by atoms with Crippen molar-refractivity contribution in [2.24, 2.45) is 0 Å². The molecule has 12 heteroatoms. The van der Waals surface area contributed by atoms with Crippen LogP contribution in [0.5, 0.6) is 0 Å². The van der Waals surface area contributed by atoms with Crippen LogP contribution in [0.2, 0.25) is 0 Å². The summed E-state index contributed by atoms with van der Waals surface area (Å²) in [4.78, 5) is 31.5. The molecule has 0 atom stereocenters. The summed E-state index contributed by atoms with van der Waals surface area (Å²) in [5.41, 5.74) is 2.50. The molecule has 8 nitrogen and oxygen atoms in total. The number of hydrogen-bond acceptors (Lipinski definition) is 7. The number of ketones is 1. The molecule has 3 heterocycles. The Labute approximate surface area is 232 Å². The summed E-state index contributed by atoms with van der Waals surface area (Å²) in [6, 6.07) is 9.09. The van der Waals surface area contributed by atoms with E-state index >= 15 is 0 Å². The van der Waals surface area contributed by atoms with E-state index in [1.807, 2.05) is 13.0 Å². The number of rotatable bonds is 8. The summed E-state index contributed by atoms with van der Waals surface area (Å²) in [6.45, 7) is 5.36. The molecule has 1 aliphatic rings. The zero-order chi connectivity index (χ0) is 28.4. The topological polar surface area (TPSA) is 93.0 Å². The van der Waals surface area contributed by atoms with Crippen molar-refractivity contribution in [3.8, 4) is 16.3 Å². The second kappa shape index (κ2) is 11.3. The fourth-order valence-electron chi connectivity index (χ4n) is 4.70. The molecule has 1 amide bonds. The predicted molar refractivity (Wildman–Crippen MR) is 145 cm³/mol. The van der Waals surface area contributed by atoms with Gasteiger partial charge in [-0.05, 0) is 73.8 Å². The maximum absolute atomic E-state index is 13.7. The molecule has 0 saturated carbocycles. The van der Waals surface area contributed by atoms with Crippen LogP contribution in [-0.4, -0.2) is 49.7 Å². The first-order valence-corrected chi connectivity index (χ1v) is 13.6. The van der Waals surface area contributed by atoms with Crippen LogP contribution in [0.25, 0.3) is 16.3 Å². The zero-order valence-electron chi connectivity index (χ0n) is 22.0. The molecule has 4 aromatic rings. The number of aryl methyl sites for hydroxylation is 1. The van der Waals surface area contributed by atoms with Gasteiger partial charge in [0.25, 0.3) is 0 Å². The molecule has 5 rings (SSSR count). The first kappa shape index (κ1) is 27.7. The molecule has 208 valence electrons. The van der Waals surface area contributed by atoms with Crippen LogP contribution in [0.15, 0.2) is 48.8 Å². The number of benzene rings is 2.